The number of rotatable bonds is 3. The Bertz CT molecular complexity index is 411. The highest BCUT2D eigenvalue weighted by Gasteiger charge is 2.40. The lowest BCUT2D eigenvalue weighted by Crippen LogP contribution is -2.48. The van der Waals surface area contributed by atoms with Crippen LogP contribution < -0.4 is 0 Å². The molecule has 2 nitrogen and oxygen atoms in total. The molecule has 1 aromatic carbocycles. The van der Waals surface area contributed by atoms with Crippen LogP contribution in [0.3, 0.4) is 0 Å². The van der Waals surface area contributed by atoms with E-state index in [0.717, 1.165) is 17.8 Å². The number of hydrogen-bond acceptors (Lipinski definition) is 2. The molecule has 0 radical (unpaired) electrons. The van der Waals surface area contributed by atoms with Crippen molar-refractivity contribution in [2.24, 2.45) is 0 Å². The van der Waals surface area contributed by atoms with Crippen molar-refractivity contribution in [3.63, 3.8) is 0 Å². The Balaban J connectivity index is 1.78. The molecule has 1 aromatic rings. The van der Waals surface area contributed by atoms with Crippen LogP contribution >= 0.6 is 0 Å². The number of carbonyl (C=O) groups is 1. The van der Waals surface area contributed by atoms with E-state index in [2.05, 4.69) is 24.3 Å². The summed E-state index contributed by atoms with van der Waals surface area (Å²) < 4.78 is 5.20. The van der Waals surface area contributed by atoms with Gasteiger partial charge in [-0.15, -0.1) is 0 Å². The van der Waals surface area contributed by atoms with Gasteiger partial charge in [-0.25, -0.2) is 0 Å². The predicted octanol–water partition coefficient (Wildman–Crippen LogP) is 3.20. The Morgan fingerprint density at radius 2 is 1.72 bits per heavy atom. The predicted molar refractivity (Wildman–Crippen MR) is 70.8 cm³/mol. The lowest BCUT2D eigenvalue weighted by Gasteiger charge is -2.37. The summed E-state index contributed by atoms with van der Waals surface area (Å²) in [5, 5.41) is 0. The van der Waals surface area contributed by atoms with Crippen molar-refractivity contribution < 1.29 is 9.53 Å². The second kappa shape index (κ2) is 4.85. The second-order valence-electron chi connectivity index (χ2n) is 5.72. The van der Waals surface area contributed by atoms with Crippen LogP contribution in [0.4, 0.5) is 0 Å². The third-order valence-electron chi connectivity index (χ3n) is 4.51. The molecule has 96 valence electrons. The van der Waals surface area contributed by atoms with Gasteiger partial charge in [0.05, 0.1) is 18.6 Å². The summed E-state index contributed by atoms with van der Waals surface area (Å²) in [6, 6.07) is 8.69. The second-order valence-corrected chi connectivity index (χ2v) is 5.72. The summed E-state index contributed by atoms with van der Waals surface area (Å²) >= 11 is 0. The zero-order valence-electron chi connectivity index (χ0n) is 10.7. The highest BCUT2D eigenvalue weighted by Crippen LogP contribution is 2.35. The van der Waals surface area contributed by atoms with E-state index in [9.17, 15) is 4.79 Å². The van der Waals surface area contributed by atoms with Crippen molar-refractivity contribution in [2.75, 3.05) is 13.2 Å². The molecule has 1 heterocycles. The molecule has 1 aliphatic carbocycles. The van der Waals surface area contributed by atoms with Gasteiger partial charge in [-0.3, -0.25) is 0 Å². The van der Waals surface area contributed by atoms with E-state index in [-0.39, 0.29) is 5.41 Å². The third-order valence-corrected chi connectivity index (χ3v) is 4.51. The first-order valence-electron chi connectivity index (χ1n) is 6.99. The summed E-state index contributed by atoms with van der Waals surface area (Å²) in [6.07, 6.45) is 7.80. The fourth-order valence-electron chi connectivity index (χ4n) is 3.15. The molecular weight excluding hydrogens is 224 g/mol. The number of benzene rings is 1. The number of aldehydes is 1. The van der Waals surface area contributed by atoms with Gasteiger partial charge in [-0.05, 0) is 29.9 Å². The summed E-state index contributed by atoms with van der Waals surface area (Å²) in [6.45, 7) is 1.08. The summed E-state index contributed by atoms with van der Waals surface area (Å²) in [5.41, 5.74) is 2.20. The maximum Gasteiger partial charge on any atom is 0.135 e. The molecule has 0 aromatic heterocycles. The molecule has 2 aliphatic rings. The Hall–Kier alpha value is -1.15. The lowest BCUT2D eigenvalue weighted by molar-refractivity contribution is -0.129. The van der Waals surface area contributed by atoms with Crippen molar-refractivity contribution in [3.05, 3.63) is 35.4 Å². The molecule has 0 bridgehead atoms. The zero-order chi connectivity index (χ0) is 12.4. The van der Waals surface area contributed by atoms with E-state index < -0.39 is 0 Å². The largest absolute Gasteiger partial charge is 0.379 e. The van der Waals surface area contributed by atoms with Gasteiger partial charge < -0.3 is 9.53 Å². The molecule has 0 spiro atoms. The summed E-state index contributed by atoms with van der Waals surface area (Å²) in [7, 11) is 0. The topological polar surface area (TPSA) is 26.3 Å². The quantitative estimate of drug-likeness (QED) is 0.763. The van der Waals surface area contributed by atoms with Crippen LogP contribution in [0.5, 0.6) is 0 Å². The van der Waals surface area contributed by atoms with Gasteiger partial charge in [0.25, 0.3) is 0 Å². The summed E-state index contributed by atoms with van der Waals surface area (Å²) in [4.78, 5) is 11.2. The number of ether oxygens (including phenoxy) is 1. The molecule has 3 rings (SSSR count). The minimum Gasteiger partial charge on any atom is -0.379 e. The molecule has 1 aliphatic heterocycles. The van der Waals surface area contributed by atoms with Crippen molar-refractivity contribution >= 4 is 6.29 Å². The first kappa shape index (κ1) is 11.9. The highest BCUT2D eigenvalue weighted by molar-refractivity contribution is 5.70. The van der Waals surface area contributed by atoms with E-state index in [0.29, 0.717) is 13.2 Å². The third kappa shape index (κ3) is 1.99. The van der Waals surface area contributed by atoms with Crippen molar-refractivity contribution in [1.29, 1.82) is 0 Å². The van der Waals surface area contributed by atoms with Gasteiger partial charge in [0.1, 0.15) is 6.29 Å². The first-order chi connectivity index (χ1) is 8.84. The fourth-order valence-corrected chi connectivity index (χ4v) is 3.15. The molecule has 2 fully saturated rings. The van der Waals surface area contributed by atoms with E-state index >= 15 is 0 Å². The van der Waals surface area contributed by atoms with Gasteiger partial charge in [0.15, 0.2) is 0 Å². The number of hydrogen-bond donors (Lipinski definition) is 0. The maximum atomic E-state index is 11.2. The van der Waals surface area contributed by atoms with Crippen molar-refractivity contribution in [3.8, 4) is 0 Å². The average Bonchev–Trinajstić information content (AvgIpc) is 2.40. The monoisotopic (exact) mass is 244 g/mol. The SMILES string of the molecule is O=CC1(c2ccc(C3CCCCC3)cc2)COC1. The Kier molecular flexibility index (Phi) is 3.21. The molecule has 2 heteroatoms. The van der Waals surface area contributed by atoms with E-state index in [4.69, 9.17) is 4.74 Å². The standard InChI is InChI=1S/C16H20O2/c17-10-16(11-18-12-16)15-8-6-14(7-9-15)13-4-2-1-3-5-13/h6-10,13H,1-5,11-12H2. The van der Waals surface area contributed by atoms with Gasteiger partial charge in [-0.1, -0.05) is 43.5 Å². The van der Waals surface area contributed by atoms with E-state index in [1.807, 2.05) is 0 Å². The molecule has 0 amide bonds. The number of carbonyl (C=O) groups excluding carboxylic acids is 1. The molecule has 1 saturated heterocycles. The zero-order valence-corrected chi connectivity index (χ0v) is 10.7. The van der Waals surface area contributed by atoms with Gasteiger partial charge in [0.2, 0.25) is 0 Å². The van der Waals surface area contributed by atoms with Gasteiger partial charge in [-0.2, -0.15) is 0 Å². The van der Waals surface area contributed by atoms with Crippen LogP contribution in [-0.2, 0) is 14.9 Å². The molecule has 0 unspecified atom stereocenters. The summed E-state index contributed by atoms with van der Waals surface area (Å²) in [5.74, 6) is 0.734. The Labute approximate surface area is 108 Å². The Morgan fingerprint density at radius 1 is 1.06 bits per heavy atom. The normalized spacial score (nSPS) is 23.3. The van der Waals surface area contributed by atoms with Crippen LogP contribution in [0.25, 0.3) is 0 Å². The van der Waals surface area contributed by atoms with Crippen molar-refractivity contribution in [2.45, 2.75) is 43.4 Å². The molecular formula is C16H20O2. The smallest absolute Gasteiger partial charge is 0.135 e. The minimum atomic E-state index is -0.356. The molecule has 1 saturated carbocycles. The molecule has 0 atom stereocenters. The van der Waals surface area contributed by atoms with E-state index in [1.165, 1.54) is 37.7 Å². The Morgan fingerprint density at radius 3 is 2.22 bits per heavy atom. The molecule has 0 N–H and O–H groups in total. The fraction of sp³-hybridized carbons (Fsp3) is 0.562. The maximum absolute atomic E-state index is 11.2. The van der Waals surface area contributed by atoms with Gasteiger partial charge >= 0.3 is 0 Å². The van der Waals surface area contributed by atoms with Crippen LogP contribution in [0.1, 0.15) is 49.1 Å². The van der Waals surface area contributed by atoms with Crippen LogP contribution in [0.15, 0.2) is 24.3 Å². The van der Waals surface area contributed by atoms with Crippen LogP contribution in [-0.4, -0.2) is 19.5 Å². The van der Waals surface area contributed by atoms with Crippen LogP contribution in [0, 0.1) is 0 Å². The first-order valence-corrected chi connectivity index (χ1v) is 6.99. The van der Waals surface area contributed by atoms with Crippen LogP contribution in [0.2, 0.25) is 0 Å². The lowest BCUT2D eigenvalue weighted by atomic mass is 9.78. The average molecular weight is 244 g/mol. The minimum absolute atomic E-state index is 0.356. The van der Waals surface area contributed by atoms with Crippen molar-refractivity contribution in [1.82, 2.24) is 0 Å². The van der Waals surface area contributed by atoms with Gasteiger partial charge in [0, 0.05) is 0 Å². The molecule has 18 heavy (non-hydrogen) atoms. The highest BCUT2D eigenvalue weighted by atomic mass is 16.5. The van der Waals surface area contributed by atoms with E-state index in [1.54, 1.807) is 0 Å².